The lowest BCUT2D eigenvalue weighted by Gasteiger charge is -2.16. The number of nitrogens with one attached hydrogen (secondary N) is 1. The molecule has 1 aromatic heterocycles. The van der Waals surface area contributed by atoms with E-state index in [1.54, 1.807) is 20.9 Å². The number of hydrogen-bond donors (Lipinski definition) is 2. The molecule has 1 heterocycles. The first-order valence-electron chi connectivity index (χ1n) is 4.44. The minimum Gasteiger partial charge on any atom is -0.389 e. The molecule has 0 fully saturated rings. The molecular formula is C8H14N4O3. The zero-order valence-electron chi connectivity index (χ0n) is 8.89. The van der Waals surface area contributed by atoms with Crippen molar-refractivity contribution in [1.82, 2.24) is 9.78 Å². The summed E-state index contributed by atoms with van der Waals surface area (Å²) in [5.74, 6) is 0.171. The largest absolute Gasteiger partial charge is 0.389 e. The number of nitro groups is 1. The van der Waals surface area contributed by atoms with Crippen LogP contribution in [-0.2, 0) is 7.05 Å². The van der Waals surface area contributed by atoms with Gasteiger partial charge in [0.2, 0.25) is 5.82 Å². The van der Waals surface area contributed by atoms with Crippen LogP contribution < -0.4 is 5.32 Å². The molecule has 1 rings (SSSR count). The highest BCUT2D eigenvalue weighted by molar-refractivity contribution is 5.54. The molecule has 0 aromatic carbocycles. The second kappa shape index (κ2) is 3.85. The van der Waals surface area contributed by atoms with Crippen molar-refractivity contribution in [3.63, 3.8) is 0 Å². The molecule has 1 aromatic rings. The van der Waals surface area contributed by atoms with Crippen LogP contribution in [-0.4, -0.2) is 32.0 Å². The number of nitrogens with zero attached hydrogens (tertiary/aromatic N) is 3. The molecule has 0 saturated heterocycles. The monoisotopic (exact) mass is 214 g/mol. The summed E-state index contributed by atoms with van der Waals surface area (Å²) >= 11 is 0. The molecule has 0 aliphatic carbocycles. The molecule has 0 atom stereocenters. The van der Waals surface area contributed by atoms with Crippen molar-refractivity contribution >= 4 is 11.5 Å². The van der Waals surface area contributed by atoms with E-state index in [-0.39, 0.29) is 18.1 Å². The molecule has 84 valence electrons. The molecule has 2 N–H and O–H groups in total. The SMILES string of the molecule is Cn1cc([N+](=O)[O-])c(NCC(C)(C)O)n1. The van der Waals surface area contributed by atoms with E-state index in [2.05, 4.69) is 10.4 Å². The summed E-state index contributed by atoms with van der Waals surface area (Å²) in [7, 11) is 1.60. The predicted molar refractivity (Wildman–Crippen MR) is 54.6 cm³/mol. The van der Waals surface area contributed by atoms with Gasteiger partial charge in [-0.15, -0.1) is 5.10 Å². The zero-order valence-corrected chi connectivity index (χ0v) is 8.89. The molecule has 0 aliphatic rings. The van der Waals surface area contributed by atoms with Crippen LogP contribution in [0.2, 0.25) is 0 Å². The maximum absolute atomic E-state index is 10.6. The molecule has 7 heteroatoms. The smallest absolute Gasteiger partial charge is 0.330 e. The Kier molecular flexibility index (Phi) is 2.94. The average molecular weight is 214 g/mol. The van der Waals surface area contributed by atoms with Crippen molar-refractivity contribution in [2.45, 2.75) is 19.4 Å². The quantitative estimate of drug-likeness (QED) is 0.562. The van der Waals surface area contributed by atoms with Crippen molar-refractivity contribution in [2.24, 2.45) is 7.05 Å². The normalized spacial score (nSPS) is 11.5. The highest BCUT2D eigenvalue weighted by atomic mass is 16.6. The van der Waals surface area contributed by atoms with Crippen molar-refractivity contribution in [2.75, 3.05) is 11.9 Å². The van der Waals surface area contributed by atoms with Gasteiger partial charge in [-0.3, -0.25) is 14.8 Å². The Morgan fingerprint density at radius 1 is 1.73 bits per heavy atom. The van der Waals surface area contributed by atoms with Crippen molar-refractivity contribution in [1.29, 1.82) is 0 Å². The highest BCUT2D eigenvalue weighted by Crippen LogP contribution is 2.21. The third-order valence-electron chi connectivity index (χ3n) is 1.69. The summed E-state index contributed by atoms with van der Waals surface area (Å²) in [5, 5.41) is 26.7. The van der Waals surface area contributed by atoms with Gasteiger partial charge in [0.05, 0.1) is 10.5 Å². The summed E-state index contributed by atoms with van der Waals surface area (Å²) in [5.41, 5.74) is -1.03. The topological polar surface area (TPSA) is 93.2 Å². The van der Waals surface area contributed by atoms with Gasteiger partial charge < -0.3 is 10.4 Å². The Balaban J connectivity index is 2.80. The van der Waals surface area contributed by atoms with Crippen molar-refractivity contribution in [3.05, 3.63) is 16.3 Å². The highest BCUT2D eigenvalue weighted by Gasteiger charge is 2.20. The Morgan fingerprint density at radius 3 is 2.80 bits per heavy atom. The molecule has 0 spiro atoms. The van der Waals surface area contributed by atoms with Gasteiger partial charge in [-0.05, 0) is 13.8 Å². The van der Waals surface area contributed by atoms with Gasteiger partial charge in [0.15, 0.2) is 0 Å². The summed E-state index contributed by atoms with van der Waals surface area (Å²) in [6.07, 6.45) is 1.31. The maximum atomic E-state index is 10.6. The standard InChI is InChI=1S/C8H14N4O3/c1-8(2,13)5-9-7-6(12(14)15)4-11(3)10-7/h4,13H,5H2,1-3H3,(H,9,10). The first kappa shape index (κ1) is 11.4. The molecular weight excluding hydrogens is 200 g/mol. The zero-order chi connectivity index (χ0) is 11.6. The van der Waals surface area contributed by atoms with E-state index in [0.29, 0.717) is 0 Å². The van der Waals surface area contributed by atoms with Gasteiger partial charge in [-0.25, -0.2) is 0 Å². The first-order valence-corrected chi connectivity index (χ1v) is 4.44. The fourth-order valence-corrected chi connectivity index (χ4v) is 1.04. The van der Waals surface area contributed by atoms with Crippen molar-refractivity contribution < 1.29 is 10.0 Å². The second-order valence-electron chi connectivity index (χ2n) is 3.96. The lowest BCUT2D eigenvalue weighted by Crippen LogP contribution is -2.29. The molecule has 0 aliphatic heterocycles. The molecule has 0 saturated carbocycles. The lowest BCUT2D eigenvalue weighted by molar-refractivity contribution is -0.384. The first-order chi connectivity index (χ1) is 6.79. The molecule has 0 bridgehead atoms. The number of aromatic nitrogens is 2. The number of aliphatic hydroxyl groups is 1. The van der Waals surface area contributed by atoms with Crippen LogP contribution in [0, 0.1) is 10.1 Å². The van der Waals surface area contributed by atoms with Gasteiger partial charge in [0.25, 0.3) is 0 Å². The number of hydrogen-bond acceptors (Lipinski definition) is 5. The fraction of sp³-hybridized carbons (Fsp3) is 0.625. The third kappa shape index (κ3) is 3.21. The van der Waals surface area contributed by atoms with Crippen LogP contribution >= 0.6 is 0 Å². The average Bonchev–Trinajstić information content (AvgIpc) is 2.42. The minimum absolute atomic E-state index is 0.0956. The van der Waals surface area contributed by atoms with E-state index in [1.807, 2.05) is 0 Å². The van der Waals surface area contributed by atoms with E-state index in [0.717, 1.165) is 0 Å². The number of anilines is 1. The van der Waals surface area contributed by atoms with Crippen LogP contribution in [0.5, 0.6) is 0 Å². The van der Waals surface area contributed by atoms with Crippen LogP contribution in [0.4, 0.5) is 11.5 Å². The summed E-state index contributed by atoms with van der Waals surface area (Å²) < 4.78 is 1.35. The van der Waals surface area contributed by atoms with Gasteiger partial charge >= 0.3 is 5.69 Å². The van der Waals surface area contributed by atoms with Gasteiger partial charge in [0.1, 0.15) is 6.20 Å². The molecule has 0 amide bonds. The van der Waals surface area contributed by atoms with Crippen molar-refractivity contribution in [3.8, 4) is 0 Å². The van der Waals surface area contributed by atoms with E-state index in [4.69, 9.17) is 0 Å². The Hall–Kier alpha value is -1.63. The third-order valence-corrected chi connectivity index (χ3v) is 1.69. The Bertz CT molecular complexity index is 366. The van der Waals surface area contributed by atoms with E-state index >= 15 is 0 Å². The van der Waals surface area contributed by atoms with E-state index in [9.17, 15) is 15.2 Å². The summed E-state index contributed by atoms with van der Waals surface area (Å²) in [6, 6.07) is 0. The predicted octanol–water partition coefficient (Wildman–Crippen LogP) is 0.511. The molecule has 7 nitrogen and oxygen atoms in total. The van der Waals surface area contributed by atoms with Crippen LogP contribution in [0.25, 0.3) is 0 Å². The minimum atomic E-state index is -0.939. The summed E-state index contributed by atoms with van der Waals surface area (Å²) in [4.78, 5) is 10.1. The van der Waals surface area contributed by atoms with Gasteiger partial charge in [0, 0.05) is 13.6 Å². The van der Waals surface area contributed by atoms with E-state index in [1.165, 1.54) is 10.9 Å². The molecule has 0 unspecified atom stereocenters. The number of aryl methyl sites for hydroxylation is 1. The lowest BCUT2D eigenvalue weighted by atomic mass is 10.1. The fourth-order valence-electron chi connectivity index (χ4n) is 1.04. The molecule has 15 heavy (non-hydrogen) atoms. The number of rotatable bonds is 4. The maximum Gasteiger partial charge on any atom is 0.330 e. The van der Waals surface area contributed by atoms with Gasteiger partial charge in [-0.2, -0.15) is 0 Å². The van der Waals surface area contributed by atoms with Crippen LogP contribution in [0.1, 0.15) is 13.8 Å². The van der Waals surface area contributed by atoms with Crippen LogP contribution in [0.15, 0.2) is 6.20 Å². The van der Waals surface area contributed by atoms with E-state index < -0.39 is 10.5 Å². The van der Waals surface area contributed by atoms with Gasteiger partial charge in [-0.1, -0.05) is 0 Å². The second-order valence-corrected chi connectivity index (χ2v) is 3.96. The van der Waals surface area contributed by atoms with Crippen LogP contribution in [0.3, 0.4) is 0 Å². The molecule has 0 radical (unpaired) electrons. The Labute approximate surface area is 86.9 Å². The Morgan fingerprint density at radius 2 is 2.33 bits per heavy atom. The summed E-state index contributed by atoms with van der Waals surface area (Å²) in [6.45, 7) is 3.41.